The van der Waals surface area contributed by atoms with Crippen molar-refractivity contribution in [2.75, 3.05) is 6.54 Å². The van der Waals surface area contributed by atoms with Crippen LogP contribution in [-0.4, -0.2) is 21.4 Å². The average Bonchev–Trinajstić information content (AvgIpc) is 3.00. The van der Waals surface area contributed by atoms with Crippen molar-refractivity contribution in [1.82, 2.24) is 14.9 Å². The monoisotopic (exact) mass is 419 g/mol. The molecule has 0 spiro atoms. The van der Waals surface area contributed by atoms with Gasteiger partial charge in [0.15, 0.2) is 5.82 Å². The van der Waals surface area contributed by atoms with Crippen LogP contribution in [0.4, 0.5) is 0 Å². The summed E-state index contributed by atoms with van der Waals surface area (Å²) in [7, 11) is 0. The van der Waals surface area contributed by atoms with Gasteiger partial charge < -0.3 is 0 Å². The number of benzene rings is 1. The highest BCUT2D eigenvalue weighted by atomic mass is 79.9. The quantitative estimate of drug-likeness (QED) is 0.584. The SMILES string of the molecule is Clc1ccc(-c2ncc3c(n2)CCN(Cc2cc(Br)cs2)C3)cc1. The van der Waals surface area contributed by atoms with Gasteiger partial charge in [-0.25, -0.2) is 9.97 Å². The Hall–Kier alpha value is -1.27. The molecule has 0 fully saturated rings. The second-order valence-electron chi connectivity index (χ2n) is 5.86. The molecule has 0 unspecified atom stereocenters. The van der Waals surface area contributed by atoms with Gasteiger partial charge in [-0.05, 0) is 46.3 Å². The minimum atomic E-state index is 0.729. The van der Waals surface area contributed by atoms with Crippen molar-refractivity contribution in [3.8, 4) is 11.4 Å². The summed E-state index contributed by atoms with van der Waals surface area (Å²) in [5.41, 5.74) is 3.40. The van der Waals surface area contributed by atoms with E-state index in [1.165, 1.54) is 16.1 Å². The summed E-state index contributed by atoms with van der Waals surface area (Å²) in [6, 6.07) is 9.88. The Morgan fingerprint density at radius 2 is 2.08 bits per heavy atom. The molecule has 6 heteroatoms. The summed E-state index contributed by atoms with van der Waals surface area (Å²) in [5.74, 6) is 0.779. The van der Waals surface area contributed by atoms with Crippen LogP contribution < -0.4 is 0 Å². The van der Waals surface area contributed by atoms with Gasteiger partial charge in [0, 0.05) is 63.1 Å². The fourth-order valence-corrected chi connectivity index (χ4v) is 4.52. The molecule has 1 aliphatic heterocycles. The number of halogens is 2. The molecule has 122 valence electrons. The number of thiophene rings is 1. The summed E-state index contributed by atoms with van der Waals surface area (Å²) in [6.07, 6.45) is 2.94. The van der Waals surface area contributed by atoms with Crippen molar-refractivity contribution >= 4 is 38.9 Å². The van der Waals surface area contributed by atoms with Crippen LogP contribution in [0.5, 0.6) is 0 Å². The van der Waals surface area contributed by atoms with Crippen molar-refractivity contribution in [1.29, 1.82) is 0 Å². The summed E-state index contributed by atoms with van der Waals surface area (Å²) >= 11 is 11.3. The lowest BCUT2D eigenvalue weighted by Crippen LogP contribution is -2.30. The normalized spacial score (nSPS) is 14.6. The molecule has 1 aliphatic rings. The van der Waals surface area contributed by atoms with Gasteiger partial charge in [-0.2, -0.15) is 0 Å². The minimum absolute atomic E-state index is 0.729. The smallest absolute Gasteiger partial charge is 0.159 e. The van der Waals surface area contributed by atoms with Crippen LogP contribution >= 0.6 is 38.9 Å². The predicted octanol–water partition coefficient (Wildman–Crippen LogP) is 5.18. The zero-order chi connectivity index (χ0) is 16.5. The molecular weight excluding hydrogens is 406 g/mol. The van der Waals surface area contributed by atoms with Gasteiger partial charge in [0.2, 0.25) is 0 Å². The third-order valence-electron chi connectivity index (χ3n) is 4.12. The van der Waals surface area contributed by atoms with Gasteiger partial charge in [-0.15, -0.1) is 11.3 Å². The molecule has 0 saturated carbocycles. The molecule has 3 aromatic rings. The maximum Gasteiger partial charge on any atom is 0.159 e. The van der Waals surface area contributed by atoms with Crippen LogP contribution in [0, 0.1) is 0 Å². The van der Waals surface area contributed by atoms with Crippen LogP contribution in [0.25, 0.3) is 11.4 Å². The van der Waals surface area contributed by atoms with E-state index >= 15 is 0 Å². The first-order valence-corrected chi connectivity index (χ1v) is 9.78. The molecule has 0 bridgehead atoms. The molecule has 0 amide bonds. The zero-order valence-electron chi connectivity index (χ0n) is 12.9. The van der Waals surface area contributed by atoms with Gasteiger partial charge in [0.25, 0.3) is 0 Å². The highest BCUT2D eigenvalue weighted by Crippen LogP contribution is 2.25. The number of rotatable bonds is 3. The molecule has 2 aromatic heterocycles. The standard InChI is InChI=1S/C18H15BrClN3S/c19-14-7-16(24-11-14)10-23-6-5-17-13(9-23)8-21-18(22-17)12-1-3-15(20)4-2-12/h1-4,7-8,11H,5-6,9-10H2. The summed E-state index contributed by atoms with van der Waals surface area (Å²) in [4.78, 5) is 13.2. The second-order valence-corrected chi connectivity index (χ2v) is 8.21. The molecule has 4 rings (SSSR count). The average molecular weight is 421 g/mol. The van der Waals surface area contributed by atoms with Crippen molar-refractivity contribution in [2.24, 2.45) is 0 Å². The Kier molecular flexibility index (Phi) is 4.68. The van der Waals surface area contributed by atoms with Crippen LogP contribution in [0.1, 0.15) is 16.1 Å². The second kappa shape index (κ2) is 6.92. The molecule has 0 atom stereocenters. The third-order valence-corrected chi connectivity index (χ3v) is 6.05. The van der Waals surface area contributed by atoms with E-state index in [2.05, 4.69) is 37.3 Å². The molecule has 24 heavy (non-hydrogen) atoms. The number of hydrogen-bond donors (Lipinski definition) is 0. The first-order chi connectivity index (χ1) is 11.7. The highest BCUT2D eigenvalue weighted by molar-refractivity contribution is 9.10. The molecule has 3 nitrogen and oxygen atoms in total. The van der Waals surface area contributed by atoms with E-state index in [-0.39, 0.29) is 0 Å². The van der Waals surface area contributed by atoms with Crippen LogP contribution in [-0.2, 0) is 19.5 Å². The van der Waals surface area contributed by atoms with Gasteiger partial charge in [-0.3, -0.25) is 4.90 Å². The molecule has 3 heterocycles. The molecule has 0 saturated heterocycles. The molecule has 0 N–H and O–H groups in total. The maximum atomic E-state index is 5.95. The van der Waals surface area contributed by atoms with Gasteiger partial charge >= 0.3 is 0 Å². The fourth-order valence-electron chi connectivity index (χ4n) is 2.90. The lowest BCUT2D eigenvalue weighted by Gasteiger charge is -2.27. The van der Waals surface area contributed by atoms with Crippen LogP contribution in [0.3, 0.4) is 0 Å². The van der Waals surface area contributed by atoms with Crippen molar-refractivity contribution in [2.45, 2.75) is 19.5 Å². The van der Waals surface area contributed by atoms with E-state index in [0.717, 1.165) is 46.9 Å². The van der Waals surface area contributed by atoms with E-state index in [1.807, 2.05) is 30.5 Å². The lowest BCUT2D eigenvalue weighted by molar-refractivity contribution is 0.245. The van der Waals surface area contributed by atoms with Crippen molar-refractivity contribution in [3.63, 3.8) is 0 Å². The summed E-state index contributed by atoms with van der Waals surface area (Å²) < 4.78 is 1.16. The molecule has 0 radical (unpaired) electrons. The Labute approximate surface area is 158 Å². The Morgan fingerprint density at radius 3 is 2.83 bits per heavy atom. The van der Waals surface area contributed by atoms with Crippen LogP contribution in [0.2, 0.25) is 5.02 Å². The van der Waals surface area contributed by atoms with E-state index in [0.29, 0.717) is 0 Å². The number of fused-ring (bicyclic) bond motifs is 1. The Balaban J connectivity index is 1.52. The number of hydrogen-bond acceptors (Lipinski definition) is 4. The minimum Gasteiger partial charge on any atom is -0.293 e. The van der Waals surface area contributed by atoms with Crippen LogP contribution in [0.15, 0.2) is 46.4 Å². The fraction of sp³-hybridized carbons (Fsp3) is 0.222. The van der Waals surface area contributed by atoms with E-state index in [4.69, 9.17) is 16.6 Å². The molecule has 1 aromatic carbocycles. The molecule has 0 aliphatic carbocycles. The van der Waals surface area contributed by atoms with Gasteiger partial charge in [0.05, 0.1) is 5.69 Å². The van der Waals surface area contributed by atoms with Crippen molar-refractivity contribution < 1.29 is 0 Å². The topological polar surface area (TPSA) is 29.0 Å². The summed E-state index contributed by atoms with van der Waals surface area (Å²) in [5, 5.41) is 2.86. The van der Waals surface area contributed by atoms with Crippen molar-refractivity contribution in [3.05, 3.63) is 67.5 Å². The first-order valence-electron chi connectivity index (χ1n) is 7.73. The first kappa shape index (κ1) is 16.2. The largest absolute Gasteiger partial charge is 0.293 e. The summed E-state index contributed by atoms with van der Waals surface area (Å²) in [6.45, 7) is 2.92. The van der Waals surface area contributed by atoms with E-state index in [1.54, 1.807) is 11.3 Å². The van der Waals surface area contributed by atoms with E-state index in [9.17, 15) is 0 Å². The molecular formula is C18H15BrClN3S. The lowest BCUT2D eigenvalue weighted by atomic mass is 10.1. The number of nitrogens with zero attached hydrogens (tertiary/aromatic N) is 3. The Bertz CT molecular complexity index is 863. The zero-order valence-corrected chi connectivity index (χ0v) is 16.0. The maximum absolute atomic E-state index is 5.95. The predicted molar refractivity (Wildman–Crippen MR) is 102 cm³/mol. The number of aromatic nitrogens is 2. The van der Waals surface area contributed by atoms with Gasteiger partial charge in [-0.1, -0.05) is 11.6 Å². The third kappa shape index (κ3) is 3.54. The highest BCUT2D eigenvalue weighted by Gasteiger charge is 2.19. The Morgan fingerprint density at radius 1 is 1.25 bits per heavy atom. The van der Waals surface area contributed by atoms with Gasteiger partial charge in [0.1, 0.15) is 0 Å². The van der Waals surface area contributed by atoms with E-state index < -0.39 is 0 Å².